The minimum absolute atomic E-state index is 0.0305. The fraction of sp³-hybridized carbons (Fsp3) is 0.100. The van der Waals surface area contributed by atoms with E-state index in [2.05, 4.69) is 15.5 Å². The fourth-order valence-electron chi connectivity index (χ4n) is 1.36. The van der Waals surface area contributed by atoms with Gasteiger partial charge in [0.2, 0.25) is 5.82 Å². The fourth-order valence-corrected chi connectivity index (χ4v) is 1.51. The molecule has 0 radical (unpaired) electrons. The van der Waals surface area contributed by atoms with Gasteiger partial charge in [-0.25, -0.2) is 4.98 Å². The first kappa shape index (κ1) is 13.0. The number of nitrogens with zero attached hydrogens (tertiary/aromatic N) is 3. The highest BCUT2D eigenvalue weighted by Gasteiger charge is 2.20. The van der Waals surface area contributed by atoms with Gasteiger partial charge >= 0.3 is 5.69 Å². The zero-order valence-electron chi connectivity index (χ0n) is 9.58. The normalized spacial score (nSPS) is 10.2. The molecule has 1 amide bonds. The number of aromatic nitrogens is 2. The molecule has 0 saturated heterocycles. The standard InChI is InChI=1S/C10H7ClN4O4/c1-5-6(4-12-19-5)10(16)14-9-7(15(17)18)2-3-8(11)13-9/h2-4H,1H3,(H,13,14,16). The Morgan fingerprint density at radius 3 is 2.84 bits per heavy atom. The highest BCUT2D eigenvalue weighted by molar-refractivity contribution is 6.29. The number of nitrogens with one attached hydrogen (secondary N) is 1. The average Bonchev–Trinajstić information content (AvgIpc) is 2.75. The molecule has 0 fully saturated rings. The Morgan fingerprint density at radius 1 is 1.53 bits per heavy atom. The molecule has 0 spiro atoms. The molecule has 0 saturated carbocycles. The summed E-state index contributed by atoms with van der Waals surface area (Å²) in [6.45, 7) is 1.54. The first-order chi connectivity index (χ1) is 8.99. The third-order valence-electron chi connectivity index (χ3n) is 2.26. The van der Waals surface area contributed by atoms with Crippen LogP contribution in [0, 0.1) is 17.0 Å². The molecular formula is C10H7ClN4O4. The Kier molecular flexibility index (Phi) is 3.43. The number of carbonyl (C=O) groups excluding carboxylic acids is 1. The molecule has 0 aliphatic carbocycles. The van der Waals surface area contributed by atoms with Gasteiger partial charge in [0, 0.05) is 6.07 Å². The van der Waals surface area contributed by atoms with Crippen molar-refractivity contribution >= 4 is 29.0 Å². The molecule has 2 heterocycles. The van der Waals surface area contributed by atoms with Crippen molar-refractivity contribution in [2.75, 3.05) is 5.32 Å². The van der Waals surface area contributed by atoms with Crippen LogP contribution in [0.25, 0.3) is 0 Å². The number of aryl methyl sites for hydroxylation is 1. The van der Waals surface area contributed by atoms with Crippen LogP contribution in [-0.2, 0) is 0 Å². The number of pyridine rings is 1. The molecule has 8 nitrogen and oxygen atoms in total. The van der Waals surface area contributed by atoms with E-state index < -0.39 is 10.8 Å². The smallest absolute Gasteiger partial charge is 0.311 e. The van der Waals surface area contributed by atoms with Crippen LogP contribution in [0.3, 0.4) is 0 Å². The van der Waals surface area contributed by atoms with Crippen molar-refractivity contribution in [3.8, 4) is 0 Å². The van der Waals surface area contributed by atoms with Crippen LogP contribution in [0.2, 0.25) is 5.15 Å². The van der Waals surface area contributed by atoms with Gasteiger partial charge in [0.1, 0.15) is 16.5 Å². The SMILES string of the molecule is Cc1oncc1C(=O)Nc1nc(Cl)ccc1[N+](=O)[O-]. The summed E-state index contributed by atoms with van der Waals surface area (Å²) in [6, 6.07) is 2.42. The maximum Gasteiger partial charge on any atom is 0.311 e. The second-order valence-corrected chi connectivity index (χ2v) is 3.90. The lowest BCUT2D eigenvalue weighted by Crippen LogP contribution is -2.14. The van der Waals surface area contributed by atoms with Crippen molar-refractivity contribution in [3.63, 3.8) is 0 Å². The number of amides is 1. The van der Waals surface area contributed by atoms with E-state index >= 15 is 0 Å². The van der Waals surface area contributed by atoms with Crippen LogP contribution in [0.15, 0.2) is 22.9 Å². The van der Waals surface area contributed by atoms with Crippen molar-refractivity contribution in [2.24, 2.45) is 0 Å². The molecule has 2 rings (SSSR count). The summed E-state index contributed by atoms with van der Waals surface area (Å²) in [5, 5.41) is 16.6. The second-order valence-electron chi connectivity index (χ2n) is 3.51. The second kappa shape index (κ2) is 5.02. The highest BCUT2D eigenvalue weighted by Crippen LogP contribution is 2.24. The number of rotatable bonds is 3. The van der Waals surface area contributed by atoms with E-state index in [1.165, 1.54) is 12.3 Å². The minimum atomic E-state index is -0.667. The predicted molar refractivity (Wildman–Crippen MR) is 65.1 cm³/mol. The van der Waals surface area contributed by atoms with Gasteiger partial charge in [-0.05, 0) is 13.0 Å². The van der Waals surface area contributed by atoms with Gasteiger partial charge in [0.15, 0.2) is 0 Å². The van der Waals surface area contributed by atoms with Crippen LogP contribution in [0.1, 0.15) is 16.1 Å². The number of anilines is 1. The third kappa shape index (κ3) is 2.68. The molecule has 1 N–H and O–H groups in total. The first-order valence-electron chi connectivity index (χ1n) is 5.02. The van der Waals surface area contributed by atoms with Gasteiger partial charge in [0.05, 0.1) is 11.1 Å². The molecule has 0 aliphatic heterocycles. The van der Waals surface area contributed by atoms with Crippen LogP contribution in [-0.4, -0.2) is 21.0 Å². The summed E-state index contributed by atoms with van der Waals surface area (Å²) < 4.78 is 4.73. The number of carbonyl (C=O) groups is 1. The van der Waals surface area contributed by atoms with Gasteiger partial charge in [-0.2, -0.15) is 0 Å². The van der Waals surface area contributed by atoms with Gasteiger partial charge in [-0.3, -0.25) is 14.9 Å². The Morgan fingerprint density at radius 2 is 2.26 bits per heavy atom. The van der Waals surface area contributed by atoms with Gasteiger partial charge in [-0.15, -0.1) is 0 Å². The highest BCUT2D eigenvalue weighted by atomic mass is 35.5. The van der Waals surface area contributed by atoms with E-state index in [0.717, 1.165) is 6.07 Å². The molecule has 0 bridgehead atoms. The summed E-state index contributed by atoms with van der Waals surface area (Å²) in [4.78, 5) is 25.7. The number of hydrogen-bond acceptors (Lipinski definition) is 6. The average molecular weight is 283 g/mol. The van der Waals surface area contributed by atoms with Crippen molar-refractivity contribution < 1.29 is 14.2 Å². The van der Waals surface area contributed by atoms with E-state index in [0.29, 0.717) is 5.76 Å². The Bertz CT molecular complexity index is 655. The predicted octanol–water partition coefficient (Wildman–Crippen LogP) is 2.19. The summed E-state index contributed by atoms with van der Waals surface area (Å²) in [6.07, 6.45) is 1.21. The van der Waals surface area contributed by atoms with Crippen molar-refractivity contribution in [1.29, 1.82) is 0 Å². The molecule has 2 aromatic heterocycles. The molecule has 19 heavy (non-hydrogen) atoms. The van der Waals surface area contributed by atoms with Crippen LogP contribution in [0.5, 0.6) is 0 Å². The maximum atomic E-state index is 11.9. The zero-order chi connectivity index (χ0) is 14.0. The molecular weight excluding hydrogens is 276 g/mol. The summed E-state index contributed by atoms with van der Waals surface area (Å²) in [7, 11) is 0. The van der Waals surface area contributed by atoms with Crippen molar-refractivity contribution in [1.82, 2.24) is 10.1 Å². The lowest BCUT2D eigenvalue weighted by molar-refractivity contribution is -0.384. The molecule has 0 atom stereocenters. The molecule has 0 aromatic carbocycles. The van der Waals surface area contributed by atoms with E-state index in [9.17, 15) is 14.9 Å². The van der Waals surface area contributed by atoms with Gasteiger partial charge in [-0.1, -0.05) is 16.8 Å². The number of halogens is 1. The van der Waals surface area contributed by atoms with E-state index in [-0.39, 0.29) is 22.2 Å². The largest absolute Gasteiger partial charge is 0.361 e. The monoisotopic (exact) mass is 282 g/mol. The first-order valence-corrected chi connectivity index (χ1v) is 5.40. The number of hydrogen-bond donors (Lipinski definition) is 1. The molecule has 0 aliphatic rings. The lowest BCUT2D eigenvalue weighted by Gasteiger charge is -2.04. The molecule has 2 aromatic rings. The quantitative estimate of drug-likeness (QED) is 0.525. The van der Waals surface area contributed by atoms with E-state index in [1.54, 1.807) is 6.92 Å². The molecule has 9 heteroatoms. The van der Waals surface area contributed by atoms with Crippen molar-refractivity contribution in [2.45, 2.75) is 6.92 Å². The lowest BCUT2D eigenvalue weighted by atomic mass is 10.2. The third-order valence-corrected chi connectivity index (χ3v) is 2.47. The van der Waals surface area contributed by atoms with Gasteiger partial charge < -0.3 is 9.84 Å². The van der Waals surface area contributed by atoms with E-state index in [1.807, 2.05) is 0 Å². The Balaban J connectivity index is 2.33. The summed E-state index contributed by atoms with van der Waals surface area (Å²) >= 11 is 5.65. The maximum absolute atomic E-state index is 11.9. The topological polar surface area (TPSA) is 111 Å². The van der Waals surface area contributed by atoms with Crippen LogP contribution in [0.4, 0.5) is 11.5 Å². The van der Waals surface area contributed by atoms with Crippen molar-refractivity contribution in [3.05, 3.63) is 44.9 Å². The molecule has 98 valence electrons. The summed E-state index contributed by atoms with van der Waals surface area (Å²) in [5.41, 5.74) is -0.192. The van der Waals surface area contributed by atoms with E-state index in [4.69, 9.17) is 16.1 Å². The Hall–Kier alpha value is -2.48. The molecule has 0 unspecified atom stereocenters. The number of nitro groups is 1. The van der Waals surface area contributed by atoms with Gasteiger partial charge in [0.25, 0.3) is 5.91 Å². The zero-order valence-corrected chi connectivity index (χ0v) is 10.3. The minimum Gasteiger partial charge on any atom is -0.361 e. The Labute approximate surface area is 111 Å². The van der Waals surface area contributed by atoms with Crippen LogP contribution < -0.4 is 5.32 Å². The summed E-state index contributed by atoms with van der Waals surface area (Å²) in [5.74, 6) is -0.554. The van der Waals surface area contributed by atoms with Crippen LogP contribution >= 0.6 is 11.6 Å².